The maximum absolute atomic E-state index is 12.5. The first-order chi connectivity index (χ1) is 13.4. The van der Waals surface area contributed by atoms with Crippen LogP contribution in [0.15, 0.2) is 36.7 Å². The molecule has 0 atom stereocenters. The number of piperazine rings is 1. The number of aryl methyl sites for hydroxylation is 1. The highest BCUT2D eigenvalue weighted by molar-refractivity contribution is 6.04. The molecule has 28 heavy (non-hydrogen) atoms. The minimum Gasteiger partial charge on any atom is -0.348 e. The lowest BCUT2D eigenvalue weighted by Gasteiger charge is -2.34. The molecule has 0 spiro atoms. The van der Waals surface area contributed by atoms with Crippen molar-refractivity contribution in [1.82, 2.24) is 24.5 Å². The summed E-state index contributed by atoms with van der Waals surface area (Å²) in [5, 5.41) is 6.92. The van der Waals surface area contributed by atoms with Crippen molar-refractivity contribution >= 4 is 17.5 Å². The van der Waals surface area contributed by atoms with Crippen LogP contribution in [0.1, 0.15) is 15.9 Å². The van der Waals surface area contributed by atoms with Gasteiger partial charge in [0.05, 0.1) is 18.4 Å². The van der Waals surface area contributed by atoms with Gasteiger partial charge in [0, 0.05) is 65.6 Å². The number of likely N-dealkylation sites (N-methyl/N-ethyl adjacent to an activating group) is 1. The van der Waals surface area contributed by atoms with E-state index in [1.54, 1.807) is 36.1 Å². The minimum absolute atomic E-state index is 0.137. The zero-order chi connectivity index (χ0) is 20.1. The highest BCUT2D eigenvalue weighted by atomic mass is 16.2. The molecule has 150 valence electrons. The van der Waals surface area contributed by atoms with Crippen molar-refractivity contribution in [3.05, 3.63) is 47.8 Å². The Morgan fingerprint density at radius 2 is 1.86 bits per heavy atom. The number of amides is 2. The molecule has 0 radical (unpaired) electrons. The third-order valence-electron chi connectivity index (χ3n) is 4.88. The number of carbonyl (C=O) groups excluding carboxylic acids is 2. The lowest BCUT2D eigenvalue weighted by Crippen LogP contribution is -2.48. The maximum atomic E-state index is 12.5. The van der Waals surface area contributed by atoms with Crippen molar-refractivity contribution in [3.8, 4) is 0 Å². The average molecular weight is 384 g/mol. The molecule has 1 saturated heterocycles. The van der Waals surface area contributed by atoms with Gasteiger partial charge in [-0.3, -0.25) is 24.1 Å². The Morgan fingerprint density at radius 1 is 1.14 bits per heavy atom. The molecule has 0 saturated carbocycles. The van der Waals surface area contributed by atoms with E-state index in [1.165, 1.54) is 0 Å². The fourth-order valence-corrected chi connectivity index (χ4v) is 3.20. The molecule has 2 heterocycles. The molecular formula is C20H28N6O2. The summed E-state index contributed by atoms with van der Waals surface area (Å²) in [7, 11) is 5.39. The van der Waals surface area contributed by atoms with E-state index in [9.17, 15) is 9.59 Å². The monoisotopic (exact) mass is 384 g/mol. The lowest BCUT2D eigenvalue weighted by atomic mass is 10.1. The molecule has 1 aromatic heterocycles. The van der Waals surface area contributed by atoms with Gasteiger partial charge in [-0.25, -0.2) is 0 Å². The standard InChI is InChI=1S/C20H28N6O2/c1-23(2)19(27)15-26-9-7-25(8-10-26)13-16-5-4-6-17(11-16)20(28)22-18-12-21-24(3)14-18/h4-6,11-12,14H,7-10,13,15H2,1-3H3,(H,22,28). The van der Waals surface area contributed by atoms with Crippen LogP contribution in [0.2, 0.25) is 0 Å². The zero-order valence-electron chi connectivity index (χ0n) is 16.8. The lowest BCUT2D eigenvalue weighted by molar-refractivity contribution is -0.130. The highest BCUT2D eigenvalue weighted by Crippen LogP contribution is 2.13. The molecular weight excluding hydrogens is 356 g/mol. The Kier molecular flexibility index (Phi) is 6.43. The summed E-state index contributed by atoms with van der Waals surface area (Å²) in [5.74, 6) is 0.00245. The Hall–Kier alpha value is -2.71. The molecule has 0 bridgehead atoms. The molecule has 8 heteroatoms. The third kappa shape index (κ3) is 5.40. The fourth-order valence-electron chi connectivity index (χ4n) is 3.20. The van der Waals surface area contributed by atoms with Gasteiger partial charge in [0.2, 0.25) is 5.91 Å². The number of hydrogen-bond donors (Lipinski definition) is 1. The first kappa shape index (κ1) is 20.0. The van der Waals surface area contributed by atoms with Crippen LogP contribution >= 0.6 is 0 Å². The van der Waals surface area contributed by atoms with Crippen LogP contribution in [0.5, 0.6) is 0 Å². The summed E-state index contributed by atoms with van der Waals surface area (Å²) in [4.78, 5) is 30.5. The quantitative estimate of drug-likeness (QED) is 0.800. The van der Waals surface area contributed by atoms with Gasteiger partial charge in [-0.1, -0.05) is 12.1 Å². The predicted molar refractivity (Wildman–Crippen MR) is 108 cm³/mol. The Labute approximate surface area is 165 Å². The summed E-state index contributed by atoms with van der Waals surface area (Å²) in [6.45, 7) is 4.84. The molecule has 0 unspecified atom stereocenters. The molecule has 1 N–H and O–H groups in total. The molecule has 3 rings (SSSR count). The van der Waals surface area contributed by atoms with Gasteiger partial charge < -0.3 is 10.2 Å². The van der Waals surface area contributed by atoms with Crippen LogP contribution in [-0.2, 0) is 18.4 Å². The van der Waals surface area contributed by atoms with Gasteiger partial charge >= 0.3 is 0 Å². The summed E-state index contributed by atoms with van der Waals surface area (Å²) < 4.78 is 1.65. The molecule has 0 aliphatic carbocycles. The summed E-state index contributed by atoms with van der Waals surface area (Å²) >= 11 is 0. The number of nitrogens with one attached hydrogen (secondary N) is 1. The van der Waals surface area contributed by atoms with Crippen LogP contribution in [0, 0.1) is 0 Å². The van der Waals surface area contributed by atoms with Crippen molar-refractivity contribution in [1.29, 1.82) is 0 Å². The number of rotatable bonds is 6. The van der Waals surface area contributed by atoms with Crippen LogP contribution in [0.25, 0.3) is 0 Å². The van der Waals surface area contributed by atoms with Gasteiger partial charge in [0.25, 0.3) is 5.91 Å². The Bertz CT molecular complexity index is 824. The van der Waals surface area contributed by atoms with E-state index >= 15 is 0 Å². The number of anilines is 1. The van der Waals surface area contributed by atoms with Crippen molar-refractivity contribution < 1.29 is 9.59 Å². The first-order valence-corrected chi connectivity index (χ1v) is 9.44. The van der Waals surface area contributed by atoms with E-state index in [-0.39, 0.29) is 11.8 Å². The average Bonchev–Trinajstić information content (AvgIpc) is 3.08. The predicted octanol–water partition coefficient (Wildman–Crippen LogP) is 0.878. The van der Waals surface area contributed by atoms with Crippen molar-refractivity contribution in [3.63, 3.8) is 0 Å². The first-order valence-electron chi connectivity index (χ1n) is 9.44. The van der Waals surface area contributed by atoms with Gasteiger partial charge in [-0.05, 0) is 17.7 Å². The maximum Gasteiger partial charge on any atom is 0.255 e. The van der Waals surface area contributed by atoms with E-state index in [1.807, 2.05) is 31.3 Å². The van der Waals surface area contributed by atoms with Gasteiger partial charge in [-0.2, -0.15) is 5.10 Å². The van der Waals surface area contributed by atoms with E-state index in [0.717, 1.165) is 38.3 Å². The largest absolute Gasteiger partial charge is 0.348 e. The second-order valence-electron chi connectivity index (χ2n) is 7.40. The number of benzene rings is 1. The van der Waals surface area contributed by atoms with E-state index < -0.39 is 0 Å². The summed E-state index contributed by atoms with van der Waals surface area (Å²) in [5.41, 5.74) is 2.43. The molecule has 8 nitrogen and oxygen atoms in total. The summed E-state index contributed by atoms with van der Waals surface area (Å²) in [6.07, 6.45) is 3.39. The SMILES string of the molecule is CN(C)C(=O)CN1CCN(Cc2cccc(C(=O)Nc3cnn(C)c3)c2)CC1. The van der Waals surface area contributed by atoms with Crippen LogP contribution in [0.3, 0.4) is 0 Å². The number of hydrogen-bond acceptors (Lipinski definition) is 5. The third-order valence-corrected chi connectivity index (χ3v) is 4.88. The van der Waals surface area contributed by atoms with Crippen LogP contribution in [0.4, 0.5) is 5.69 Å². The van der Waals surface area contributed by atoms with E-state index in [4.69, 9.17) is 0 Å². The molecule has 1 aromatic carbocycles. The van der Waals surface area contributed by atoms with Crippen molar-refractivity contribution in [2.75, 3.05) is 52.1 Å². The molecule has 1 aliphatic rings. The smallest absolute Gasteiger partial charge is 0.255 e. The van der Waals surface area contributed by atoms with Gasteiger partial charge in [0.15, 0.2) is 0 Å². The second kappa shape index (κ2) is 8.99. The number of carbonyl (C=O) groups is 2. The molecule has 1 fully saturated rings. The highest BCUT2D eigenvalue weighted by Gasteiger charge is 2.20. The summed E-state index contributed by atoms with van der Waals surface area (Å²) in [6, 6.07) is 7.72. The topological polar surface area (TPSA) is 73.7 Å². The molecule has 2 amide bonds. The Morgan fingerprint density at radius 3 is 2.50 bits per heavy atom. The van der Waals surface area contributed by atoms with E-state index in [0.29, 0.717) is 17.8 Å². The van der Waals surface area contributed by atoms with Crippen molar-refractivity contribution in [2.24, 2.45) is 7.05 Å². The number of aromatic nitrogens is 2. The van der Waals surface area contributed by atoms with Crippen molar-refractivity contribution in [2.45, 2.75) is 6.54 Å². The minimum atomic E-state index is -0.137. The zero-order valence-corrected chi connectivity index (χ0v) is 16.8. The van der Waals surface area contributed by atoms with Gasteiger partial charge in [-0.15, -0.1) is 0 Å². The van der Waals surface area contributed by atoms with E-state index in [2.05, 4.69) is 20.2 Å². The second-order valence-corrected chi connectivity index (χ2v) is 7.40. The fraction of sp³-hybridized carbons (Fsp3) is 0.450. The Balaban J connectivity index is 1.52. The van der Waals surface area contributed by atoms with Gasteiger partial charge in [0.1, 0.15) is 0 Å². The molecule has 2 aromatic rings. The van der Waals surface area contributed by atoms with Crippen LogP contribution < -0.4 is 5.32 Å². The van der Waals surface area contributed by atoms with Crippen LogP contribution in [-0.4, -0.2) is 83.1 Å². The normalized spacial score (nSPS) is 15.4. The number of nitrogens with zero attached hydrogens (tertiary/aromatic N) is 5. The molecule has 1 aliphatic heterocycles.